The summed E-state index contributed by atoms with van der Waals surface area (Å²) in [5, 5.41) is 9.40. The lowest BCUT2D eigenvalue weighted by Gasteiger charge is -2.36. The molecule has 8 nitrogen and oxygen atoms in total. The fourth-order valence-corrected chi connectivity index (χ4v) is 4.45. The number of methoxy groups -OCH3 is 1. The van der Waals surface area contributed by atoms with E-state index in [2.05, 4.69) is 28.9 Å². The van der Waals surface area contributed by atoms with E-state index >= 15 is 0 Å². The second-order valence-corrected chi connectivity index (χ2v) is 10.2. The largest absolute Gasteiger partial charge is 0.497 e. The van der Waals surface area contributed by atoms with Crippen LogP contribution in [-0.2, 0) is 4.79 Å². The number of anilines is 1. The van der Waals surface area contributed by atoms with Gasteiger partial charge in [0, 0.05) is 48.9 Å². The lowest BCUT2D eigenvalue weighted by Crippen LogP contribution is -2.52. The lowest BCUT2D eigenvalue weighted by molar-refractivity contribution is -0.132. The quantitative estimate of drug-likeness (QED) is 0.397. The fourth-order valence-electron chi connectivity index (χ4n) is 4.32. The number of amides is 2. The van der Waals surface area contributed by atoms with Crippen LogP contribution in [0.25, 0.3) is 11.3 Å². The molecular weight excluding hydrogens is 502 g/mol. The van der Waals surface area contributed by atoms with Gasteiger partial charge in [-0.3, -0.25) is 9.59 Å². The van der Waals surface area contributed by atoms with Gasteiger partial charge in [-0.2, -0.15) is 0 Å². The van der Waals surface area contributed by atoms with Crippen LogP contribution >= 0.6 is 11.6 Å². The van der Waals surface area contributed by atoms with Gasteiger partial charge in [0.15, 0.2) is 5.82 Å². The van der Waals surface area contributed by atoms with Gasteiger partial charge in [-0.15, -0.1) is 10.2 Å². The Kier molecular flexibility index (Phi) is 9.18. The SMILES string of the molecule is COc1cccc(-c2ccc(N3CCN(C(=O)CN(CCC(C)C)C(=O)c4ccc(Cl)cc4)CC3)nn2)c1. The molecule has 0 aliphatic carbocycles. The molecule has 0 N–H and O–H groups in total. The molecule has 2 aromatic carbocycles. The zero-order valence-corrected chi connectivity index (χ0v) is 22.9. The van der Waals surface area contributed by atoms with Crippen molar-refractivity contribution in [1.29, 1.82) is 0 Å². The molecule has 0 bridgehead atoms. The summed E-state index contributed by atoms with van der Waals surface area (Å²) < 4.78 is 5.30. The molecule has 1 fully saturated rings. The summed E-state index contributed by atoms with van der Waals surface area (Å²) >= 11 is 5.98. The minimum absolute atomic E-state index is 0.0461. The monoisotopic (exact) mass is 535 g/mol. The van der Waals surface area contributed by atoms with E-state index in [4.69, 9.17) is 16.3 Å². The number of carbonyl (C=O) groups excluding carboxylic acids is 2. The lowest BCUT2D eigenvalue weighted by atomic mass is 10.1. The normalized spacial score (nSPS) is 13.5. The van der Waals surface area contributed by atoms with Crippen LogP contribution in [0.15, 0.2) is 60.7 Å². The predicted molar refractivity (Wildman–Crippen MR) is 150 cm³/mol. The Morgan fingerprint density at radius 1 is 1.00 bits per heavy atom. The fraction of sp³-hybridized carbons (Fsp3) is 0.379. The summed E-state index contributed by atoms with van der Waals surface area (Å²) in [6.07, 6.45) is 0.824. The van der Waals surface area contributed by atoms with E-state index in [9.17, 15) is 9.59 Å². The Labute approximate surface area is 229 Å². The van der Waals surface area contributed by atoms with E-state index in [-0.39, 0.29) is 18.4 Å². The number of aromatic nitrogens is 2. The third kappa shape index (κ3) is 7.01. The van der Waals surface area contributed by atoms with Crippen molar-refractivity contribution >= 4 is 29.2 Å². The van der Waals surface area contributed by atoms with Gasteiger partial charge in [0.05, 0.1) is 12.8 Å². The molecule has 3 aromatic rings. The molecule has 2 amide bonds. The number of ether oxygens (including phenoxy) is 1. The van der Waals surface area contributed by atoms with Crippen molar-refractivity contribution in [3.8, 4) is 17.0 Å². The first-order valence-corrected chi connectivity index (χ1v) is 13.3. The van der Waals surface area contributed by atoms with E-state index < -0.39 is 0 Å². The zero-order valence-electron chi connectivity index (χ0n) is 22.1. The van der Waals surface area contributed by atoms with Gasteiger partial charge in [-0.1, -0.05) is 37.6 Å². The average Bonchev–Trinajstić information content (AvgIpc) is 2.95. The van der Waals surface area contributed by atoms with E-state index in [0.29, 0.717) is 49.2 Å². The average molecular weight is 536 g/mol. The molecule has 1 aliphatic rings. The Bertz CT molecular complexity index is 1230. The number of rotatable bonds is 9. The van der Waals surface area contributed by atoms with E-state index in [1.807, 2.05) is 41.3 Å². The topological polar surface area (TPSA) is 78.9 Å². The first-order chi connectivity index (χ1) is 18.3. The molecule has 38 heavy (non-hydrogen) atoms. The second kappa shape index (κ2) is 12.7. The first kappa shape index (κ1) is 27.4. The molecule has 0 unspecified atom stereocenters. The molecule has 0 saturated carbocycles. The number of nitrogens with zero attached hydrogens (tertiary/aromatic N) is 5. The molecule has 1 saturated heterocycles. The van der Waals surface area contributed by atoms with Crippen LogP contribution in [0, 0.1) is 5.92 Å². The number of piperazine rings is 1. The minimum Gasteiger partial charge on any atom is -0.497 e. The summed E-state index contributed by atoms with van der Waals surface area (Å²) in [4.78, 5) is 32.0. The van der Waals surface area contributed by atoms with Crippen molar-refractivity contribution in [2.24, 2.45) is 5.92 Å². The van der Waals surface area contributed by atoms with Crippen molar-refractivity contribution < 1.29 is 14.3 Å². The third-order valence-electron chi connectivity index (χ3n) is 6.65. The maximum Gasteiger partial charge on any atom is 0.254 e. The molecule has 0 spiro atoms. The van der Waals surface area contributed by atoms with Crippen molar-refractivity contribution in [2.45, 2.75) is 20.3 Å². The zero-order chi connectivity index (χ0) is 27.1. The summed E-state index contributed by atoms with van der Waals surface area (Å²) in [6, 6.07) is 18.4. The molecule has 9 heteroatoms. The van der Waals surface area contributed by atoms with Gasteiger partial charge in [-0.25, -0.2) is 0 Å². The van der Waals surface area contributed by atoms with Crippen LogP contribution in [0.2, 0.25) is 5.02 Å². The molecular formula is C29H34ClN5O3. The van der Waals surface area contributed by atoms with Crippen molar-refractivity contribution in [3.05, 3.63) is 71.2 Å². The van der Waals surface area contributed by atoms with Crippen LogP contribution in [0.3, 0.4) is 0 Å². The van der Waals surface area contributed by atoms with Gasteiger partial charge >= 0.3 is 0 Å². The molecule has 200 valence electrons. The summed E-state index contributed by atoms with van der Waals surface area (Å²) in [6.45, 7) is 7.22. The number of benzene rings is 2. The Morgan fingerprint density at radius 2 is 1.74 bits per heavy atom. The minimum atomic E-state index is -0.152. The van der Waals surface area contributed by atoms with E-state index in [1.165, 1.54) is 0 Å². The third-order valence-corrected chi connectivity index (χ3v) is 6.91. The number of halogens is 1. The second-order valence-electron chi connectivity index (χ2n) is 9.79. The molecule has 0 atom stereocenters. The number of hydrogen-bond donors (Lipinski definition) is 0. The Hall–Kier alpha value is -3.65. The van der Waals surface area contributed by atoms with Gasteiger partial charge in [0.1, 0.15) is 12.3 Å². The molecule has 2 heterocycles. The van der Waals surface area contributed by atoms with E-state index in [0.717, 1.165) is 29.2 Å². The summed E-state index contributed by atoms with van der Waals surface area (Å²) in [5.41, 5.74) is 2.24. The number of hydrogen-bond acceptors (Lipinski definition) is 6. The standard InChI is InChI=1S/C29H34ClN5O3/c1-21(2)13-14-35(29(37)22-7-9-24(30)10-8-22)20-28(36)34-17-15-33(16-18-34)27-12-11-26(31-32-27)23-5-4-6-25(19-23)38-3/h4-12,19,21H,13-18,20H2,1-3H3. The Balaban J connectivity index is 1.35. The maximum absolute atomic E-state index is 13.2. The van der Waals surface area contributed by atoms with Gasteiger partial charge in [-0.05, 0) is 60.9 Å². The van der Waals surface area contributed by atoms with Crippen molar-refractivity contribution in [1.82, 2.24) is 20.0 Å². The van der Waals surface area contributed by atoms with E-state index in [1.54, 1.807) is 36.3 Å². The van der Waals surface area contributed by atoms with Crippen LogP contribution in [0.1, 0.15) is 30.6 Å². The molecule has 0 radical (unpaired) electrons. The summed E-state index contributed by atoms with van der Waals surface area (Å²) in [7, 11) is 1.64. The first-order valence-electron chi connectivity index (χ1n) is 12.9. The highest BCUT2D eigenvalue weighted by Gasteiger charge is 2.26. The van der Waals surface area contributed by atoms with Crippen LogP contribution in [0.5, 0.6) is 5.75 Å². The van der Waals surface area contributed by atoms with Gasteiger partial charge in [0.25, 0.3) is 5.91 Å². The maximum atomic E-state index is 13.2. The van der Waals surface area contributed by atoms with Crippen molar-refractivity contribution in [2.75, 3.05) is 51.3 Å². The predicted octanol–water partition coefficient (Wildman–Crippen LogP) is 4.64. The molecule has 1 aliphatic heterocycles. The molecule has 4 rings (SSSR count). The number of carbonyl (C=O) groups is 2. The highest BCUT2D eigenvalue weighted by atomic mass is 35.5. The Morgan fingerprint density at radius 3 is 2.37 bits per heavy atom. The highest BCUT2D eigenvalue weighted by Crippen LogP contribution is 2.23. The van der Waals surface area contributed by atoms with Crippen molar-refractivity contribution in [3.63, 3.8) is 0 Å². The van der Waals surface area contributed by atoms with Gasteiger partial charge in [0.2, 0.25) is 5.91 Å². The highest BCUT2D eigenvalue weighted by molar-refractivity contribution is 6.30. The van der Waals surface area contributed by atoms with Crippen LogP contribution < -0.4 is 9.64 Å². The van der Waals surface area contributed by atoms with Gasteiger partial charge < -0.3 is 19.4 Å². The smallest absolute Gasteiger partial charge is 0.254 e. The van der Waals surface area contributed by atoms with Crippen LogP contribution in [-0.4, -0.2) is 78.2 Å². The summed E-state index contributed by atoms with van der Waals surface area (Å²) in [5.74, 6) is 1.77. The van der Waals surface area contributed by atoms with Crippen LogP contribution in [0.4, 0.5) is 5.82 Å². The molecule has 1 aromatic heterocycles.